The van der Waals surface area contributed by atoms with Crippen molar-refractivity contribution in [2.24, 2.45) is 0 Å². The molecule has 116 valence electrons. The first-order valence-corrected chi connectivity index (χ1v) is 8.25. The minimum Gasteiger partial charge on any atom is -0.311 e. The molecule has 0 radical (unpaired) electrons. The highest BCUT2D eigenvalue weighted by atomic mass is 15.3. The Morgan fingerprint density at radius 2 is 1.59 bits per heavy atom. The average Bonchev–Trinajstić information content (AvgIpc) is 2.54. The summed E-state index contributed by atoms with van der Waals surface area (Å²) < 4.78 is 0. The maximum Gasteiger partial charge on any atom is 0.0375 e. The van der Waals surface area contributed by atoms with Crippen molar-refractivity contribution in [2.45, 2.75) is 38.4 Å². The van der Waals surface area contributed by atoms with Crippen LogP contribution in [0.15, 0.2) is 60.7 Å². The predicted molar refractivity (Wildman–Crippen MR) is 92.9 cm³/mol. The molecule has 2 atom stereocenters. The van der Waals surface area contributed by atoms with Crippen LogP contribution in [-0.4, -0.2) is 29.6 Å². The summed E-state index contributed by atoms with van der Waals surface area (Å²) in [6.07, 6.45) is 1.08. The lowest BCUT2D eigenvalue weighted by atomic mass is 9.82. The number of benzene rings is 2. The predicted octanol–water partition coefficient (Wildman–Crippen LogP) is 3.48. The SMILES string of the molecule is CC1NCCN(Cc2ccccc2)C1(C)Cc1ccccc1. The first-order valence-electron chi connectivity index (χ1n) is 8.25. The van der Waals surface area contributed by atoms with Crippen molar-refractivity contribution < 1.29 is 0 Å². The number of hydrogen-bond acceptors (Lipinski definition) is 2. The van der Waals surface area contributed by atoms with Gasteiger partial charge < -0.3 is 5.32 Å². The van der Waals surface area contributed by atoms with Crippen molar-refractivity contribution in [1.82, 2.24) is 10.2 Å². The third-order valence-electron chi connectivity index (χ3n) is 5.11. The van der Waals surface area contributed by atoms with Gasteiger partial charge in [0.25, 0.3) is 0 Å². The van der Waals surface area contributed by atoms with Crippen molar-refractivity contribution in [3.05, 3.63) is 71.8 Å². The van der Waals surface area contributed by atoms with Crippen molar-refractivity contribution in [2.75, 3.05) is 13.1 Å². The lowest BCUT2D eigenvalue weighted by Gasteiger charge is -2.50. The summed E-state index contributed by atoms with van der Waals surface area (Å²) in [6.45, 7) is 7.91. The zero-order chi connectivity index (χ0) is 15.4. The lowest BCUT2D eigenvalue weighted by molar-refractivity contribution is 0.0329. The average molecular weight is 294 g/mol. The Hall–Kier alpha value is -1.64. The van der Waals surface area contributed by atoms with Crippen LogP contribution in [0.4, 0.5) is 0 Å². The molecule has 3 rings (SSSR count). The normalized spacial score (nSPS) is 26.0. The third kappa shape index (κ3) is 3.23. The topological polar surface area (TPSA) is 15.3 Å². The van der Waals surface area contributed by atoms with Crippen LogP contribution in [0, 0.1) is 0 Å². The van der Waals surface area contributed by atoms with Crippen molar-refractivity contribution in [3.8, 4) is 0 Å². The van der Waals surface area contributed by atoms with Gasteiger partial charge >= 0.3 is 0 Å². The molecule has 0 amide bonds. The van der Waals surface area contributed by atoms with Gasteiger partial charge in [0.1, 0.15) is 0 Å². The molecule has 2 aromatic rings. The van der Waals surface area contributed by atoms with Crippen LogP contribution in [0.25, 0.3) is 0 Å². The number of rotatable bonds is 4. The molecular weight excluding hydrogens is 268 g/mol. The Balaban J connectivity index is 1.83. The molecule has 22 heavy (non-hydrogen) atoms. The lowest BCUT2D eigenvalue weighted by Crippen LogP contribution is -2.65. The van der Waals surface area contributed by atoms with Gasteiger partial charge in [0.05, 0.1) is 0 Å². The summed E-state index contributed by atoms with van der Waals surface area (Å²) in [4.78, 5) is 2.65. The number of hydrogen-bond donors (Lipinski definition) is 1. The summed E-state index contributed by atoms with van der Waals surface area (Å²) in [6, 6.07) is 22.2. The first kappa shape index (κ1) is 15.3. The van der Waals surface area contributed by atoms with Crippen LogP contribution < -0.4 is 5.32 Å². The van der Waals surface area contributed by atoms with Gasteiger partial charge in [-0.2, -0.15) is 0 Å². The highest BCUT2D eigenvalue weighted by Gasteiger charge is 2.39. The van der Waals surface area contributed by atoms with E-state index in [4.69, 9.17) is 0 Å². The second-order valence-corrected chi connectivity index (χ2v) is 6.60. The molecule has 0 aromatic heterocycles. The fraction of sp³-hybridized carbons (Fsp3) is 0.400. The smallest absolute Gasteiger partial charge is 0.0375 e. The molecule has 2 unspecified atom stereocenters. The molecule has 1 heterocycles. The second-order valence-electron chi connectivity index (χ2n) is 6.60. The molecule has 0 bridgehead atoms. The Bertz CT molecular complexity index is 581. The number of nitrogens with zero attached hydrogens (tertiary/aromatic N) is 1. The summed E-state index contributed by atoms with van der Waals surface area (Å²) in [5.41, 5.74) is 2.95. The fourth-order valence-corrected chi connectivity index (χ4v) is 3.50. The molecule has 2 nitrogen and oxygen atoms in total. The van der Waals surface area contributed by atoms with Gasteiger partial charge in [0.15, 0.2) is 0 Å². The van der Waals surface area contributed by atoms with Crippen LogP contribution in [0.1, 0.15) is 25.0 Å². The summed E-state index contributed by atoms with van der Waals surface area (Å²) in [5, 5.41) is 3.67. The van der Waals surface area contributed by atoms with E-state index in [1.165, 1.54) is 11.1 Å². The van der Waals surface area contributed by atoms with Gasteiger partial charge in [-0.3, -0.25) is 4.90 Å². The fourth-order valence-electron chi connectivity index (χ4n) is 3.50. The molecule has 1 fully saturated rings. The number of nitrogens with one attached hydrogen (secondary N) is 1. The zero-order valence-electron chi connectivity index (χ0n) is 13.6. The maximum atomic E-state index is 3.67. The Morgan fingerprint density at radius 1 is 1.00 bits per heavy atom. The van der Waals surface area contributed by atoms with Crippen molar-refractivity contribution in [1.29, 1.82) is 0 Å². The molecule has 1 aliphatic heterocycles. The zero-order valence-corrected chi connectivity index (χ0v) is 13.6. The van der Waals surface area contributed by atoms with E-state index in [1.807, 2.05) is 0 Å². The van der Waals surface area contributed by atoms with Gasteiger partial charge in [-0.1, -0.05) is 60.7 Å². The second kappa shape index (κ2) is 6.64. The van der Waals surface area contributed by atoms with E-state index >= 15 is 0 Å². The van der Waals surface area contributed by atoms with Crippen LogP contribution in [0.5, 0.6) is 0 Å². The Morgan fingerprint density at radius 3 is 2.23 bits per heavy atom. The van der Waals surface area contributed by atoms with Crippen LogP contribution in [0.3, 0.4) is 0 Å². The van der Waals surface area contributed by atoms with Gasteiger partial charge in [0, 0.05) is 31.2 Å². The highest BCUT2D eigenvalue weighted by Crippen LogP contribution is 2.29. The largest absolute Gasteiger partial charge is 0.311 e. The quantitative estimate of drug-likeness (QED) is 0.928. The first-order chi connectivity index (χ1) is 10.7. The molecule has 1 aliphatic rings. The highest BCUT2D eigenvalue weighted by molar-refractivity contribution is 5.21. The molecule has 0 aliphatic carbocycles. The molecule has 2 aromatic carbocycles. The van der Waals surface area contributed by atoms with Gasteiger partial charge in [-0.05, 0) is 31.4 Å². The van der Waals surface area contributed by atoms with E-state index in [-0.39, 0.29) is 5.54 Å². The van der Waals surface area contributed by atoms with Gasteiger partial charge in [-0.15, -0.1) is 0 Å². The maximum absolute atomic E-state index is 3.67. The van der Waals surface area contributed by atoms with Gasteiger partial charge in [0.2, 0.25) is 0 Å². The molecule has 0 spiro atoms. The molecule has 0 saturated carbocycles. The Kier molecular flexibility index (Phi) is 4.60. The van der Waals surface area contributed by atoms with E-state index in [1.54, 1.807) is 0 Å². The molecule has 1 saturated heterocycles. The summed E-state index contributed by atoms with van der Waals surface area (Å²) in [5.74, 6) is 0. The Labute approximate surface area is 134 Å². The summed E-state index contributed by atoms with van der Waals surface area (Å²) >= 11 is 0. The van der Waals surface area contributed by atoms with Crippen LogP contribution in [-0.2, 0) is 13.0 Å². The van der Waals surface area contributed by atoms with Crippen LogP contribution in [0.2, 0.25) is 0 Å². The van der Waals surface area contributed by atoms with E-state index in [9.17, 15) is 0 Å². The van der Waals surface area contributed by atoms with Crippen molar-refractivity contribution in [3.63, 3.8) is 0 Å². The minimum absolute atomic E-state index is 0.134. The monoisotopic (exact) mass is 294 g/mol. The van der Waals surface area contributed by atoms with E-state index < -0.39 is 0 Å². The number of piperazine rings is 1. The molecule has 2 heteroatoms. The van der Waals surface area contributed by atoms with Gasteiger partial charge in [-0.25, -0.2) is 0 Å². The standard InChI is InChI=1S/C20H26N2/c1-17-20(2,15-18-9-5-3-6-10-18)22(14-13-21-17)16-19-11-7-4-8-12-19/h3-12,17,21H,13-16H2,1-2H3. The van der Waals surface area contributed by atoms with E-state index in [0.717, 1.165) is 26.1 Å². The summed E-state index contributed by atoms with van der Waals surface area (Å²) in [7, 11) is 0. The van der Waals surface area contributed by atoms with Crippen LogP contribution >= 0.6 is 0 Å². The van der Waals surface area contributed by atoms with E-state index in [2.05, 4.69) is 84.7 Å². The van der Waals surface area contributed by atoms with Crippen molar-refractivity contribution >= 4 is 0 Å². The molecule has 1 N–H and O–H groups in total. The minimum atomic E-state index is 0.134. The third-order valence-corrected chi connectivity index (χ3v) is 5.11. The van der Waals surface area contributed by atoms with E-state index in [0.29, 0.717) is 6.04 Å². The molecular formula is C20H26N2.